The predicted octanol–water partition coefficient (Wildman–Crippen LogP) is 2.33. The number of para-hydroxylation sites is 1. The number of anilines is 1. The van der Waals surface area contributed by atoms with E-state index >= 15 is 0 Å². The lowest BCUT2D eigenvalue weighted by molar-refractivity contribution is 1.52. The van der Waals surface area contributed by atoms with Crippen LogP contribution in [0.5, 0.6) is 0 Å². The van der Waals surface area contributed by atoms with Crippen LogP contribution in [-0.2, 0) is 0 Å². The largest absolute Gasteiger partial charge is 0.369 e. The summed E-state index contributed by atoms with van der Waals surface area (Å²) in [5, 5.41) is 2.81. The van der Waals surface area contributed by atoms with Gasteiger partial charge >= 0.3 is 0 Å². The number of nitrogens with zero attached hydrogens (tertiary/aromatic N) is 1. The highest BCUT2D eigenvalue weighted by Crippen LogP contribution is 2.20. The fraction of sp³-hybridized carbons (Fsp3) is 0. The molecule has 1 rings (SSSR count). The number of nitrogens with two attached hydrogens (primary N) is 1. The number of benzene rings is 1. The van der Waals surface area contributed by atoms with Crippen molar-refractivity contribution in [3.63, 3.8) is 0 Å². The summed E-state index contributed by atoms with van der Waals surface area (Å²) < 4.78 is 4.17. The molecule has 3 nitrogen and oxygen atoms in total. The molecule has 0 bridgehead atoms. The standard InChI is InChI=1S/C7H7BrClN3/c8-5-3-1-2-4-6(5)11-7(10)12-9/h1-4H,(H3,10,11,12). The second-order valence-corrected chi connectivity index (χ2v) is 3.10. The topological polar surface area (TPSA) is 50.4 Å². The van der Waals surface area contributed by atoms with Crippen molar-refractivity contribution in [3.8, 4) is 0 Å². The number of halogens is 2. The third-order valence-corrected chi connectivity index (χ3v) is 2.10. The summed E-state index contributed by atoms with van der Waals surface area (Å²) in [5.74, 6) is 0.170. The predicted molar refractivity (Wildman–Crippen MR) is 55.2 cm³/mol. The first-order valence-electron chi connectivity index (χ1n) is 3.20. The molecule has 0 saturated heterocycles. The molecule has 0 amide bonds. The van der Waals surface area contributed by atoms with E-state index in [1.165, 1.54) is 0 Å². The van der Waals surface area contributed by atoms with Crippen LogP contribution in [0, 0.1) is 0 Å². The summed E-state index contributed by atoms with van der Waals surface area (Å²) >= 11 is 8.48. The lowest BCUT2D eigenvalue weighted by Crippen LogP contribution is -2.21. The summed E-state index contributed by atoms with van der Waals surface area (Å²) in [6, 6.07) is 7.54. The van der Waals surface area contributed by atoms with Crippen LogP contribution in [0.2, 0.25) is 0 Å². The first kappa shape index (κ1) is 9.35. The van der Waals surface area contributed by atoms with Crippen molar-refractivity contribution < 1.29 is 0 Å². The summed E-state index contributed by atoms with van der Waals surface area (Å²) in [5.41, 5.74) is 6.19. The van der Waals surface area contributed by atoms with Gasteiger partial charge in [0.15, 0.2) is 0 Å². The fourth-order valence-electron chi connectivity index (χ4n) is 0.722. The van der Waals surface area contributed by atoms with Crippen molar-refractivity contribution in [2.45, 2.75) is 0 Å². The van der Waals surface area contributed by atoms with Crippen LogP contribution >= 0.6 is 27.7 Å². The molecule has 0 aliphatic carbocycles. The van der Waals surface area contributed by atoms with Gasteiger partial charge in [0.2, 0.25) is 5.96 Å². The second kappa shape index (κ2) is 4.33. The number of hydrogen-bond donors (Lipinski definition) is 2. The van der Waals surface area contributed by atoms with Crippen molar-refractivity contribution in [2.75, 3.05) is 5.32 Å². The lowest BCUT2D eigenvalue weighted by atomic mass is 10.3. The number of rotatable bonds is 1. The van der Waals surface area contributed by atoms with Crippen molar-refractivity contribution in [3.05, 3.63) is 28.7 Å². The van der Waals surface area contributed by atoms with E-state index in [4.69, 9.17) is 17.5 Å². The Morgan fingerprint density at radius 2 is 2.17 bits per heavy atom. The SMILES string of the molecule is NC(=NCl)Nc1ccccc1Br. The highest BCUT2D eigenvalue weighted by atomic mass is 79.9. The van der Waals surface area contributed by atoms with Gasteiger partial charge in [-0.25, -0.2) is 0 Å². The molecule has 0 unspecified atom stereocenters. The molecule has 1 aromatic rings. The summed E-state index contributed by atoms with van der Waals surface area (Å²) in [6.07, 6.45) is 0. The molecule has 0 saturated carbocycles. The molecule has 0 aliphatic rings. The van der Waals surface area contributed by atoms with Crippen LogP contribution in [0.4, 0.5) is 5.69 Å². The maximum absolute atomic E-state index is 5.36. The number of nitrogens with one attached hydrogen (secondary N) is 1. The van der Waals surface area contributed by atoms with Crippen LogP contribution in [0.1, 0.15) is 0 Å². The summed E-state index contributed by atoms with van der Waals surface area (Å²) in [7, 11) is 0. The minimum Gasteiger partial charge on any atom is -0.369 e. The Labute approximate surface area is 83.9 Å². The Morgan fingerprint density at radius 1 is 1.50 bits per heavy atom. The van der Waals surface area contributed by atoms with Gasteiger partial charge in [-0.2, -0.15) is 0 Å². The van der Waals surface area contributed by atoms with Gasteiger partial charge < -0.3 is 11.1 Å². The van der Waals surface area contributed by atoms with Gasteiger partial charge in [0.25, 0.3) is 0 Å². The van der Waals surface area contributed by atoms with Crippen molar-refractivity contribution >= 4 is 39.4 Å². The number of hydrogen-bond acceptors (Lipinski definition) is 1. The van der Waals surface area contributed by atoms with Crippen molar-refractivity contribution in [1.82, 2.24) is 0 Å². The molecule has 12 heavy (non-hydrogen) atoms. The van der Waals surface area contributed by atoms with Crippen LogP contribution < -0.4 is 11.1 Å². The quantitative estimate of drug-likeness (QED) is 0.592. The zero-order valence-corrected chi connectivity index (χ0v) is 8.43. The average Bonchev–Trinajstić information content (AvgIpc) is 2.09. The maximum atomic E-state index is 5.36. The van der Waals surface area contributed by atoms with E-state index in [1.807, 2.05) is 24.3 Å². The highest BCUT2D eigenvalue weighted by Gasteiger charge is 1.97. The van der Waals surface area contributed by atoms with Gasteiger partial charge in [0.05, 0.1) is 5.69 Å². The second-order valence-electron chi connectivity index (χ2n) is 2.07. The average molecular weight is 249 g/mol. The van der Waals surface area contributed by atoms with Crippen molar-refractivity contribution in [2.24, 2.45) is 10.2 Å². The first-order chi connectivity index (χ1) is 5.74. The number of guanidine groups is 1. The Hall–Kier alpha value is -0.740. The van der Waals surface area contributed by atoms with E-state index in [2.05, 4.69) is 25.8 Å². The molecule has 0 radical (unpaired) electrons. The van der Waals surface area contributed by atoms with Gasteiger partial charge in [-0.1, -0.05) is 12.1 Å². The van der Waals surface area contributed by atoms with E-state index in [9.17, 15) is 0 Å². The molecular formula is C7H7BrClN3. The molecule has 0 aliphatic heterocycles. The third-order valence-electron chi connectivity index (χ3n) is 1.23. The molecule has 0 spiro atoms. The normalized spacial score (nSPS) is 11.3. The summed E-state index contributed by atoms with van der Waals surface area (Å²) in [4.78, 5) is 0. The molecule has 1 aromatic carbocycles. The Balaban J connectivity index is 2.82. The van der Waals surface area contributed by atoms with Gasteiger partial charge in [-0.15, -0.1) is 4.51 Å². The van der Waals surface area contributed by atoms with E-state index in [0.29, 0.717) is 0 Å². The van der Waals surface area contributed by atoms with E-state index < -0.39 is 0 Å². The van der Waals surface area contributed by atoms with E-state index in [1.54, 1.807) is 0 Å². The molecular weight excluding hydrogens is 241 g/mol. The zero-order chi connectivity index (χ0) is 8.97. The molecule has 0 atom stereocenters. The minimum atomic E-state index is 0.170. The lowest BCUT2D eigenvalue weighted by Gasteiger charge is -2.04. The maximum Gasteiger partial charge on any atom is 0.210 e. The Bertz CT molecular complexity index is 300. The smallest absolute Gasteiger partial charge is 0.210 e. The molecule has 0 heterocycles. The Kier molecular flexibility index (Phi) is 3.37. The molecule has 3 N–H and O–H groups in total. The highest BCUT2D eigenvalue weighted by molar-refractivity contribution is 9.10. The van der Waals surface area contributed by atoms with Gasteiger partial charge in [-0.3, -0.25) is 0 Å². The van der Waals surface area contributed by atoms with Crippen LogP contribution in [0.25, 0.3) is 0 Å². The zero-order valence-electron chi connectivity index (χ0n) is 6.09. The van der Waals surface area contributed by atoms with Gasteiger partial charge in [0.1, 0.15) is 0 Å². The van der Waals surface area contributed by atoms with Crippen LogP contribution in [0.3, 0.4) is 0 Å². The van der Waals surface area contributed by atoms with E-state index in [0.717, 1.165) is 10.2 Å². The molecule has 64 valence electrons. The van der Waals surface area contributed by atoms with Gasteiger partial charge in [0, 0.05) is 16.2 Å². The third kappa shape index (κ3) is 2.39. The summed E-state index contributed by atoms with van der Waals surface area (Å²) in [6.45, 7) is 0. The molecule has 0 aromatic heterocycles. The minimum absolute atomic E-state index is 0.170. The first-order valence-corrected chi connectivity index (χ1v) is 4.33. The van der Waals surface area contributed by atoms with Crippen LogP contribution in [-0.4, -0.2) is 5.96 Å². The molecule has 5 heteroatoms. The molecule has 0 fully saturated rings. The van der Waals surface area contributed by atoms with Gasteiger partial charge in [-0.05, 0) is 28.1 Å². The van der Waals surface area contributed by atoms with Crippen molar-refractivity contribution in [1.29, 1.82) is 0 Å². The van der Waals surface area contributed by atoms with E-state index in [-0.39, 0.29) is 5.96 Å². The fourth-order valence-corrected chi connectivity index (χ4v) is 1.15. The Morgan fingerprint density at radius 3 is 2.75 bits per heavy atom. The van der Waals surface area contributed by atoms with Crippen LogP contribution in [0.15, 0.2) is 33.2 Å². The monoisotopic (exact) mass is 247 g/mol.